The number of nitrogens with one attached hydrogen (secondary N) is 2. The van der Waals surface area contributed by atoms with E-state index in [4.69, 9.17) is 9.47 Å². The van der Waals surface area contributed by atoms with Crippen molar-refractivity contribution in [1.29, 1.82) is 0 Å². The molecule has 31 heavy (non-hydrogen) atoms. The highest BCUT2D eigenvalue weighted by Gasteiger charge is 2.49. The number of carbonyl (C=O) groups is 3. The molecule has 0 aliphatic carbocycles. The molecule has 1 amide bonds. The topological polar surface area (TPSA) is 118 Å². The number of hydrogen-bond donors (Lipinski definition) is 3. The number of carbonyl (C=O) groups excluding carboxylic acids is 2. The van der Waals surface area contributed by atoms with E-state index in [1.54, 1.807) is 25.3 Å². The highest BCUT2D eigenvalue weighted by molar-refractivity contribution is 6.07. The first-order valence-electron chi connectivity index (χ1n) is 9.82. The molecule has 1 unspecified atom stereocenters. The van der Waals surface area contributed by atoms with Gasteiger partial charge in [0.15, 0.2) is 0 Å². The summed E-state index contributed by atoms with van der Waals surface area (Å²) in [5, 5.41) is 12.8. The Balaban J connectivity index is 1.93. The van der Waals surface area contributed by atoms with Crippen molar-refractivity contribution in [3.63, 3.8) is 0 Å². The highest BCUT2D eigenvalue weighted by atomic mass is 16.5. The van der Waals surface area contributed by atoms with E-state index in [9.17, 15) is 19.5 Å². The van der Waals surface area contributed by atoms with Crippen LogP contribution in [0.4, 0.5) is 0 Å². The molecule has 0 saturated heterocycles. The number of carboxylic acid groups (broad SMARTS) is 1. The molecule has 1 aromatic heterocycles. The van der Waals surface area contributed by atoms with Crippen LogP contribution < -0.4 is 10.1 Å². The Labute approximate surface area is 179 Å². The van der Waals surface area contributed by atoms with Crippen molar-refractivity contribution in [3.8, 4) is 5.75 Å². The van der Waals surface area contributed by atoms with Crippen molar-refractivity contribution in [2.45, 2.75) is 32.4 Å². The van der Waals surface area contributed by atoms with E-state index in [0.29, 0.717) is 23.3 Å². The predicted molar refractivity (Wildman–Crippen MR) is 114 cm³/mol. The maximum absolute atomic E-state index is 12.6. The number of aromatic nitrogens is 1. The van der Waals surface area contributed by atoms with Crippen LogP contribution >= 0.6 is 0 Å². The van der Waals surface area contributed by atoms with Gasteiger partial charge in [-0.1, -0.05) is 30.3 Å². The maximum Gasteiger partial charge on any atom is 0.344 e. The summed E-state index contributed by atoms with van der Waals surface area (Å²) in [7, 11) is 0. The molecular formula is C23H24N2O6. The molecule has 1 heterocycles. The van der Waals surface area contributed by atoms with E-state index in [-0.39, 0.29) is 13.0 Å². The minimum atomic E-state index is -2.24. The van der Waals surface area contributed by atoms with Crippen molar-refractivity contribution >= 4 is 28.7 Å². The number of aliphatic carboxylic acids is 1. The Morgan fingerprint density at radius 1 is 1.13 bits per heavy atom. The van der Waals surface area contributed by atoms with E-state index in [0.717, 1.165) is 18.0 Å². The molecule has 3 rings (SSSR count). The quantitative estimate of drug-likeness (QED) is 0.359. The van der Waals surface area contributed by atoms with Gasteiger partial charge in [0.25, 0.3) is 0 Å². The predicted octanol–water partition coefficient (Wildman–Crippen LogP) is 2.81. The van der Waals surface area contributed by atoms with Gasteiger partial charge in [-0.05, 0) is 36.2 Å². The Morgan fingerprint density at radius 2 is 1.87 bits per heavy atom. The van der Waals surface area contributed by atoms with Crippen LogP contribution in [0.5, 0.6) is 5.75 Å². The van der Waals surface area contributed by atoms with E-state index in [2.05, 4.69) is 10.3 Å². The average molecular weight is 424 g/mol. The van der Waals surface area contributed by atoms with Crippen LogP contribution in [-0.4, -0.2) is 40.1 Å². The second kappa shape index (κ2) is 9.34. The number of carboxylic acids is 1. The molecule has 0 aliphatic rings. The van der Waals surface area contributed by atoms with Crippen LogP contribution in [0.2, 0.25) is 0 Å². The van der Waals surface area contributed by atoms with Crippen molar-refractivity contribution < 1.29 is 29.0 Å². The van der Waals surface area contributed by atoms with Gasteiger partial charge in [0.1, 0.15) is 12.4 Å². The summed E-state index contributed by atoms with van der Waals surface area (Å²) in [5.74, 6) is -2.58. The molecule has 8 heteroatoms. The van der Waals surface area contributed by atoms with Gasteiger partial charge in [-0.3, -0.25) is 4.79 Å². The first kappa shape index (κ1) is 21.9. The van der Waals surface area contributed by atoms with Gasteiger partial charge in [0, 0.05) is 30.4 Å². The zero-order valence-corrected chi connectivity index (χ0v) is 17.3. The van der Waals surface area contributed by atoms with Gasteiger partial charge in [0.05, 0.1) is 6.61 Å². The molecule has 3 N–H and O–H groups in total. The summed E-state index contributed by atoms with van der Waals surface area (Å²) in [6, 6.07) is 15.1. The van der Waals surface area contributed by atoms with Gasteiger partial charge in [-0.25, -0.2) is 9.59 Å². The molecule has 0 bridgehead atoms. The van der Waals surface area contributed by atoms with E-state index in [1.165, 1.54) is 0 Å². The van der Waals surface area contributed by atoms with Gasteiger partial charge in [-0.2, -0.15) is 0 Å². The lowest BCUT2D eigenvalue weighted by molar-refractivity contribution is -0.164. The molecule has 0 spiro atoms. The first-order chi connectivity index (χ1) is 14.9. The second-order valence-corrected chi connectivity index (χ2v) is 7.08. The SMILES string of the molecule is CCOC(=O)C(Cc1c[nH]c2ccc(OCc3ccccc3)cc12)(NC(C)=O)C(=O)O. The molecule has 1 atom stereocenters. The molecule has 8 nitrogen and oxygen atoms in total. The first-order valence-corrected chi connectivity index (χ1v) is 9.82. The number of hydrogen-bond acceptors (Lipinski definition) is 5. The summed E-state index contributed by atoms with van der Waals surface area (Å²) in [6.07, 6.45) is 1.33. The van der Waals surface area contributed by atoms with Crippen LogP contribution in [0.1, 0.15) is 25.0 Å². The van der Waals surface area contributed by atoms with Gasteiger partial charge >= 0.3 is 11.9 Å². The molecule has 3 aromatic rings. The van der Waals surface area contributed by atoms with Crippen molar-refractivity contribution in [2.24, 2.45) is 0 Å². The number of aromatic amines is 1. The van der Waals surface area contributed by atoms with Gasteiger partial charge < -0.3 is 24.9 Å². The Kier molecular flexibility index (Phi) is 6.59. The van der Waals surface area contributed by atoms with Gasteiger partial charge in [-0.15, -0.1) is 0 Å². The minimum absolute atomic E-state index is 0.0151. The highest BCUT2D eigenvalue weighted by Crippen LogP contribution is 2.28. The zero-order valence-electron chi connectivity index (χ0n) is 17.3. The lowest BCUT2D eigenvalue weighted by Crippen LogP contribution is -2.61. The maximum atomic E-state index is 12.6. The largest absolute Gasteiger partial charge is 0.489 e. The number of fused-ring (bicyclic) bond motifs is 1. The monoisotopic (exact) mass is 424 g/mol. The van der Waals surface area contributed by atoms with Gasteiger partial charge in [0.2, 0.25) is 11.4 Å². The lowest BCUT2D eigenvalue weighted by atomic mass is 9.90. The lowest BCUT2D eigenvalue weighted by Gasteiger charge is -2.27. The molecule has 162 valence electrons. The normalized spacial score (nSPS) is 12.7. The van der Waals surface area contributed by atoms with Crippen LogP contribution in [0, 0.1) is 0 Å². The molecule has 2 aromatic carbocycles. The van der Waals surface area contributed by atoms with E-state index >= 15 is 0 Å². The van der Waals surface area contributed by atoms with Crippen LogP contribution in [0.25, 0.3) is 10.9 Å². The fourth-order valence-electron chi connectivity index (χ4n) is 3.36. The van der Waals surface area contributed by atoms with Crippen LogP contribution in [0.15, 0.2) is 54.7 Å². The number of ether oxygens (including phenoxy) is 2. The summed E-state index contributed by atoms with van der Waals surface area (Å²) in [6.45, 7) is 3.08. The Morgan fingerprint density at radius 3 is 2.52 bits per heavy atom. The number of amides is 1. The summed E-state index contributed by atoms with van der Waals surface area (Å²) in [4.78, 5) is 39.5. The van der Waals surface area contributed by atoms with Crippen LogP contribution in [0.3, 0.4) is 0 Å². The zero-order chi connectivity index (χ0) is 22.4. The third-order valence-electron chi connectivity index (χ3n) is 4.82. The summed E-state index contributed by atoms with van der Waals surface area (Å²) >= 11 is 0. The van der Waals surface area contributed by atoms with Crippen molar-refractivity contribution in [1.82, 2.24) is 10.3 Å². The molecule has 0 radical (unpaired) electrons. The third-order valence-corrected chi connectivity index (χ3v) is 4.82. The number of rotatable bonds is 9. The Hall–Kier alpha value is -3.81. The third kappa shape index (κ3) is 4.85. The summed E-state index contributed by atoms with van der Waals surface area (Å²) < 4.78 is 10.8. The minimum Gasteiger partial charge on any atom is -0.489 e. The standard InChI is InChI=1S/C23H24N2O6/c1-3-30-22(29)23(21(27)28,25-15(2)26)12-17-13-24-20-10-9-18(11-19(17)20)31-14-16-7-5-4-6-8-16/h4-11,13,24H,3,12,14H2,1-2H3,(H,25,26)(H,27,28). The second-order valence-electron chi connectivity index (χ2n) is 7.08. The van der Waals surface area contributed by atoms with Crippen molar-refractivity contribution in [3.05, 3.63) is 65.9 Å². The number of benzene rings is 2. The number of esters is 1. The molecule has 0 fully saturated rings. The number of H-pyrrole nitrogens is 1. The van der Waals surface area contributed by atoms with E-state index < -0.39 is 23.4 Å². The Bertz CT molecular complexity index is 1090. The fourth-order valence-corrected chi connectivity index (χ4v) is 3.36. The smallest absolute Gasteiger partial charge is 0.344 e. The molecule has 0 aliphatic heterocycles. The average Bonchev–Trinajstić information content (AvgIpc) is 3.14. The van der Waals surface area contributed by atoms with E-state index in [1.807, 2.05) is 36.4 Å². The van der Waals surface area contributed by atoms with Crippen molar-refractivity contribution in [2.75, 3.05) is 6.61 Å². The molecular weight excluding hydrogens is 400 g/mol. The van der Waals surface area contributed by atoms with Crippen LogP contribution in [-0.2, 0) is 32.1 Å². The molecule has 0 saturated carbocycles. The summed E-state index contributed by atoms with van der Waals surface area (Å²) in [5.41, 5.74) is 0.0462. The fraction of sp³-hybridized carbons (Fsp3) is 0.261.